The minimum Gasteiger partial charge on any atom is -0.373 e. The van der Waals surface area contributed by atoms with Crippen LogP contribution in [0.15, 0.2) is 0 Å². The molecule has 0 aromatic carbocycles. The number of halogens is 2. The summed E-state index contributed by atoms with van der Waals surface area (Å²) in [6.07, 6.45) is 1.16. The zero-order chi connectivity index (χ0) is 13.3. The van der Waals surface area contributed by atoms with Gasteiger partial charge in [0.1, 0.15) is 11.6 Å². The highest BCUT2D eigenvalue weighted by atomic mass is 19.3. The lowest BCUT2D eigenvalue weighted by atomic mass is 9.86. The molecule has 1 unspecified atom stereocenters. The molecule has 0 amide bonds. The Bertz CT molecular complexity index is 446. The molecule has 0 bridgehead atoms. The molecule has 0 aliphatic heterocycles. The molecule has 0 saturated heterocycles. The Labute approximate surface area is 106 Å². The first-order valence-electron chi connectivity index (χ1n) is 6.33. The topological polar surface area (TPSA) is 37.8 Å². The molecule has 1 aromatic rings. The lowest BCUT2D eigenvalue weighted by Gasteiger charge is -2.28. The number of aromatic nitrogens is 2. The van der Waals surface area contributed by atoms with Crippen LogP contribution in [0.3, 0.4) is 0 Å². The maximum atomic E-state index is 13.4. The van der Waals surface area contributed by atoms with E-state index in [9.17, 15) is 8.78 Å². The second-order valence-corrected chi connectivity index (χ2v) is 5.04. The van der Waals surface area contributed by atoms with E-state index in [4.69, 9.17) is 0 Å². The molecule has 1 fully saturated rings. The summed E-state index contributed by atoms with van der Waals surface area (Å²) in [6.45, 7) is 3.82. The van der Waals surface area contributed by atoms with Gasteiger partial charge in [-0.1, -0.05) is 0 Å². The van der Waals surface area contributed by atoms with Crippen molar-refractivity contribution in [1.82, 2.24) is 9.97 Å². The molecule has 1 aliphatic carbocycles. The Kier molecular flexibility index (Phi) is 3.50. The van der Waals surface area contributed by atoms with E-state index in [1.54, 1.807) is 7.05 Å². The monoisotopic (exact) mass is 255 g/mol. The van der Waals surface area contributed by atoms with Crippen molar-refractivity contribution in [3.63, 3.8) is 0 Å². The summed E-state index contributed by atoms with van der Waals surface area (Å²) < 4.78 is 26.9. The van der Waals surface area contributed by atoms with Gasteiger partial charge in [-0.05, 0) is 26.7 Å². The van der Waals surface area contributed by atoms with Crippen molar-refractivity contribution in [2.45, 2.75) is 51.4 Å². The summed E-state index contributed by atoms with van der Waals surface area (Å²) in [4.78, 5) is 8.77. The van der Waals surface area contributed by atoms with E-state index in [0.29, 0.717) is 12.2 Å². The number of anilines is 1. The van der Waals surface area contributed by atoms with Gasteiger partial charge in [0.25, 0.3) is 0 Å². The summed E-state index contributed by atoms with van der Waals surface area (Å²) in [5, 5.41) is 3.00. The van der Waals surface area contributed by atoms with Gasteiger partial charge < -0.3 is 5.32 Å². The molecule has 1 aromatic heterocycles. The average Bonchev–Trinajstić information content (AvgIpc) is 2.31. The van der Waals surface area contributed by atoms with Crippen molar-refractivity contribution in [1.29, 1.82) is 0 Å². The maximum Gasteiger partial charge on any atom is 0.248 e. The summed E-state index contributed by atoms with van der Waals surface area (Å²) in [6, 6.07) is 0. The Hall–Kier alpha value is -1.26. The van der Waals surface area contributed by atoms with Gasteiger partial charge >= 0.3 is 0 Å². The Morgan fingerprint density at radius 2 is 2.00 bits per heavy atom. The first-order valence-corrected chi connectivity index (χ1v) is 6.33. The average molecular weight is 255 g/mol. The zero-order valence-corrected chi connectivity index (χ0v) is 11.1. The Balaban J connectivity index is 2.30. The van der Waals surface area contributed by atoms with Crippen LogP contribution in [-0.4, -0.2) is 22.9 Å². The predicted molar refractivity (Wildman–Crippen MR) is 67.2 cm³/mol. The van der Waals surface area contributed by atoms with Crippen LogP contribution in [0.1, 0.15) is 48.7 Å². The van der Waals surface area contributed by atoms with Gasteiger partial charge in [0.05, 0.1) is 0 Å². The largest absolute Gasteiger partial charge is 0.373 e. The summed E-state index contributed by atoms with van der Waals surface area (Å²) in [5.41, 5.74) is 1.84. The van der Waals surface area contributed by atoms with Gasteiger partial charge in [0, 0.05) is 37.1 Å². The number of rotatable bonds is 2. The van der Waals surface area contributed by atoms with Crippen molar-refractivity contribution < 1.29 is 8.78 Å². The van der Waals surface area contributed by atoms with Crippen molar-refractivity contribution in [3.8, 4) is 0 Å². The molecule has 1 N–H and O–H groups in total. The molecule has 1 heterocycles. The van der Waals surface area contributed by atoms with Gasteiger partial charge in [0.15, 0.2) is 0 Å². The minimum absolute atomic E-state index is 0.00672. The SMILES string of the molecule is CNc1nc(C2CCCC(F)(F)C2)nc(C)c1C. The fraction of sp³-hybridized carbons (Fsp3) is 0.692. The van der Waals surface area contributed by atoms with Crippen LogP contribution in [-0.2, 0) is 0 Å². The van der Waals surface area contributed by atoms with Crippen LogP contribution in [0.25, 0.3) is 0 Å². The third kappa shape index (κ3) is 2.60. The van der Waals surface area contributed by atoms with Gasteiger partial charge in [0.2, 0.25) is 5.92 Å². The first-order chi connectivity index (χ1) is 8.43. The van der Waals surface area contributed by atoms with Crippen LogP contribution in [0.2, 0.25) is 0 Å². The van der Waals surface area contributed by atoms with E-state index in [1.165, 1.54) is 0 Å². The minimum atomic E-state index is -2.56. The van der Waals surface area contributed by atoms with E-state index in [2.05, 4.69) is 15.3 Å². The number of hydrogen-bond acceptors (Lipinski definition) is 3. The summed E-state index contributed by atoms with van der Waals surface area (Å²) >= 11 is 0. The molecule has 0 spiro atoms. The van der Waals surface area contributed by atoms with Crippen LogP contribution < -0.4 is 5.32 Å². The standard InChI is InChI=1S/C13H19F2N3/c1-8-9(2)17-12(18-11(8)16-3)10-5-4-6-13(14,15)7-10/h10H,4-7H2,1-3H3,(H,16,17,18). The molecule has 1 aliphatic rings. The quantitative estimate of drug-likeness (QED) is 0.879. The van der Waals surface area contributed by atoms with Crippen molar-refractivity contribution in [2.75, 3.05) is 12.4 Å². The molecule has 3 nitrogen and oxygen atoms in total. The number of nitrogens with zero attached hydrogens (tertiary/aromatic N) is 2. The van der Waals surface area contributed by atoms with Crippen LogP contribution >= 0.6 is 0 Å². The first kappa shape index (κ1) is 13.2. The van der Waals surface area contributed by atoms with Crippen LogP contribution in [0.5, 0.6) is 0 Å². The Morgan fingerprint density at radius 3 is 2.61 bits per heavy atom. The molecule has 1 atom stereocenters. The van der Waals surface area contributed by atoms with E-state index in [-0.39, 0.29) is 18.8 Å². The number of aryl methyl sites for hydroxylation is 1. The third-order valence-electron chi connectivity index (χ3n) is 3.65. The van der Waals surface area contributed by atoms with Crippen molar-refractivity contribution in [3.05, 3.63) is 17.1 Å². The molecule has 0 radical (unpaired) electrons. The number of nitrogens with one attached hydrogen (secondary N) is 1. The van der Waals surface area contributed by atoms with Gasteiger partial charge in [-0.3, -0.25) is 0 Å². The lowest BCUT2D eigenvalue weighted by molar-refractivity contribution is -0.0417. The fourth-order valence-corrected chi connectivity index (χ4v) is 2.47. The lowest BCUT2D eigenvalue weighted by Crippen LogP contribution is -2.26. The molecular formula is C13H19F2N3. The van der Waals surface area contributed by atoms with E-state index in [1.807, 2.05) is 13.8 Å². The molecule has 1 saturated carbocycles. The van der Waals surface area contributed by atoms with Gasteiger partial charge in [-0.25, -0.2) is 18.7 Å². The van der Waals surface area contributed by atoms with E-state index < -0.39 is 5.92 Å². The molecular weight excluding hydrogens is 236 g/mol. The number of alkyl halides is 2. The highest BCUT2D eigenvalue weighted by Crippen LogP contribution is 2.41. The van der Waals surface area contributed by atoms with Crippen molar-refractivity contribution in [2.24, 2.45) is 0 Å². The normalized spacial score (nSPS) is 22.8. The predicted octanol–water partition coefficient (Wildman–Crippen LogP) is 3.43. The molecule has 5 heteroatoms. The maximum absolute atomic E-state index is 13.4. The fourth-order valence-electron chi connectivity index (χ4n) is 2.47. The Morgan fingerprint density at radius 1 is 1.28 bits per heavy atom. The van der Waals surface area contributed by atoms with E-state index >= 15 is 0 Å². The van der Waals surface area contributed by atoms with Crippen LogP contribution in [0, 0.1) is 13.8 Å². The zero-order valence-electron chi connectivity index (χ0n) is 11.1. The van der Waals surface area contributed by atoms with E-state index in [0.717, 1.165) is 23.5 Å². The van der Waals surface area contributed by atoms with Gasteiger partial charge in [-0.15, -0.1) is 0 Å². The second kappa shape index (κ2) is 4.78. The van der Waals surface area contributed by atoms with Crippen LogP contribution in [0.4, 0.5) is 14.6 Å². The van der Waals surface area contributed by atoms with Gasteiger partial charge in [-0.2, -0.15) is 0 Å². The molecule has 2 rings (SSSR count). The smallest absolute Gasteiger partial charge is 0.248 e. The third-order valence-corrected chi connectivity index (χ3v) is 3.65. The highest BCUT2D eigenvalue weighted by Gasteiger charge is 2.38. The highest BCUT2D eigenvalue weighted by molar-refractivity contribution is 5.45. The second-order valence-electron chi connectivity index (χ2n) is 5.04. The molecule has 100 valence electrons. The summed E-state index contributed by atoms with van der Waals surface area (Å²) in [5.74, 6) is -1.49. The number of hydrogen-bond donors (Lipinski definition) is 1. The molecule has 18 heavy (non-hydrogen) atoms. The summed E-state index contributed by atoms with van der Waals surface area (Å²) in [7, 11) is 1.79. The van der Waals surface area contributed by atoms with Crippen molar-refractivity contribution >= 4 is 5.82 Å².